The lowest BCUT2D eigenvalue weighted by Gasteiger charge is -2.21. The van der Waals surface area contributed by atoms with Gasteiger partial charge >= 0.3 is 12.0 Å². The Morgan fingerprint density at radius 2 is 1.95 bits per heavy atom. The number of nitrogens with zero attached hydrogens (tertiary/aromatic N) is 1. The Morgan fingerprint density at radius 3 is 2.53 bits per heavy atom. The Bertz CT molecular complexity index is 305. The quantitative estimate of drug-likeness (QED) is 0.506. The van der Waals surface area contributed by atoms with E-state index < -0.39 is 12.1 Å². The normalized spacial score (nSPS) is 18.8. The molecule has 1 unspecified atom stereocenters. The number of aliphatic hydroxyl groups is 1. The third-order valence-corrected chi connectivity index (χ3v) is 3.10. The third kappa shape index (κ3) is 6.40. The van der Waals surface area contributed by atoms with Crippen LogP contribution in [0.1, 0.15) is 26.2 Å². The van der Waals surface area contributed by atoms with Crippen LogP contribution in [0.4, 0.5) is 4.79 Å². The lowest BCUT2D eigenvalue weighted by molar-refractivity contribution is -0.146. The molecule has 4 N–H and O–H groups in total. The van der Waals surface area contributed by atoms with Crippen molar-refractivity contribution in [3.05, 3.63) is 0 Å². The molecule has 7 nitrogen and oxygen atoms in total. The van der Waals surface area contributed by atoms with Crippen molar-refractivity contribution in [3.63, 3.8) is 0 Å². The van der Waals surface area contributed by atoms with E-state index in [1.807, 2.05) is 6.92 Å². The van der Waals surface area contributed by atoms with Crippen molar-refractivity contribution in [2.45, 2.75) is 38.3 Å². The molecule has 0 spiro atoms. The van der Waals surface area contributed by atoms with E-state index in [1.54, 1.807) is 0 Å². The largest absolute Gasteiger partial charge is 0.479 e. The van der Waals surface area contributed by atoms with Crippen LogP contribution in [0.2, 0.25) is 0 Å². The van der Waals surface area contributed by atoms with Crippen molar-refractivity contribution in [3.8, 4) is 0 Å². The number of rotatable bonds is 7. The zero-order chi connectivity index (χ0) is 14.3. The van der Waals surface area contributed by atoms with Gasteiger partial charge in [0, 0.05) is 25.6 Å². The van der Waals surface area contributed by atoms with E-state index in [4.69, 9.17) is 10.2 Å². The van der Waals surface area contributed by atoms with Gasteiger partial charge in [0.05, 0.1) is 0 Å². The fourth-order valence-electron chi connectivity index (χ4n) is 2.12. The maximum absolute atomic E-state index is 11.5. The number of aliphatic hydroxyl groups excluding tert-OH is 1. The molecule has 1 rings (SSSR count). The van der Waals surface area contributed by atoms with E-state index in [-0.39, 0.29) is 25.0 Å². The maximum Gasteiger partial charge on any atom is 0.332 e. The second-order valence-electron chi connectivity index (χ2n) is 4.95. The van der Waals surface area contributed by atoms with Gasteiger partial charge in [-0.3, -0.25) is 0 Å². The Hall–Kier alpha value is -1.34. The van der Waals surface area contributed by atoms with Gasteiger partial charge in [0.1, 0.15) is 0 Å². The first kappa shape index (κ1) is 15.7. The van der Waals surface area contributed by atoms with Crippen LogP contribution in [0.15, 0.2) is 0 Å². The molecule has 2 amide bonds. The molecule has 2 atom stereocenters. The van der Waals surface area contributed by atoms with Gasteiger partial charge in [0.2, 0.25) is 0 Å². The van der Waals surface area contributed by atoms with Crippen LogP contribution in [0.5, 0.6) is 0 Å². The average molecular weight is 273 g/mol. The first-order valence-corrected chi connectivity index (χ1v) is 6.66. The number of urea groups is 1. The number of hydrogen-bond donors (Lipinski definition) is 4. The van der Waals surface area contributed by atoms with Gasteiger partial charge in [-0.05, 0) is 32.9 Å². The summed E-state index contributed by atoms with van der Waals surface area (Å²) in [5, 5.41) is 22.8. The summed E-state index contributed by atoms with van der Waals surface area (Å²) in [5.74, 6) is -1.27. The van der Waals surface area contributed by atoms with Crippen molar-refractivity contribution < 1.29 is 19.8 Å². The highest BCUT2D eigenvalue weighted by atomic mass is 16.4. The first-order valence-electron chi connectivity index (χ1n) is 6.66. The Kier molecular flexibility index (Phi) is 6.58. The highest BCUT2D eigenvalue weighted by Gasteiger charge is 2.16. The van der Waals surface area contributed by atoms with Gasteiger partial charge in [0.15, 0.2) is 6.10 Å². The molecular formula is C12H23N3O4. The van der Waals surface area contributed by atoms with Gasteiger partial charge < -0.3 is 25.7 Å². The van der Waals surface area contributed by atoms with Crippen molar-refractivity contribution >= 4 is 12.0 Å². The molecule has 0 aliphatic carbocycles. The van der Waals surface area contributed by atoms with Crippen LogP contribution in [0.3, 0.4) is 0 Å². The summed E-state index contributed by atoms with van der Waals surface area (Å²) in [7, 11) is 0. The minimum Gasteiger partial charge on any atom is -0.479 e. The van der Waals surface area contributed by atoms with E-state index in [2.05, 4.69) is 15.5 Å². The molecular weight excluding hydrogens is 250 g/mol. The summed E-state index contributed by atoms with van der Waals surface area (Å²) in [6, 6.07) is -0.285. The van der Waals surface area contributed by atoms with Gasteiger partial charge in [0.25, 0.3) is 0 Å². The van der Waals surface area contributed by atoms with E-state index in [9.17, 15) is 9.59 Å². The minimum atomic E-state index is -1.43. The number of carbonyl (C=O) groups is 2. The summed E-state index contributed by atoms with van der Waals surface area (Å²) in [5.41, 5.74) is 0. The lowest BCUT2D eigenvalue weighted by Crippen LogP contribution is -2.46. The van der Waals surface area contributed by atoms with Gasteiger partial charge in [-0.25, -0.2) is 9.59 Å². The Labute approximate surface area is 113 Å². The van der Waals surface area contributed by atoms with Gasteiger partial charge in [-0.2, -0.15) is 0 Å². The van der Waals surface area contributed by atoms with Crippen LogP contribution >= 0.6 is 0 Å². The number of carboxylic acid groups (broad SMARTS) is 1. The molecule has 1 heterocycles. The van der Waals surface area contributed by atoms with Crippen LogP contribution < -0.4 is 10.6 Å². The summed E-state index contributed by atoms with van der Waals surface area (Å²) < 4.78 is 0. The van der Waals surface area contributed by atoms with Gasteiger partial charge in [-0.1, -0.05) is 0 Å². The summed E-state index contributed by atoms with van der Waals surface area (Å²) in [6.07, 6.45) is 1.00. The predicted octanol–water partition coefficient (Wildman–Crippen LogP) is -0.394. The predicted molar refractivity (Wildman–Crippen MR) is 69.9 cm³/mol. The number of aliphatic carboxylic acids is 1. The number of nitrogens with one attached hydrogen (secondary N) is 2. The number of amides is 2. The molecule has 1 aliphatic rings. The molecule has 0 radical (unpaired) electrons. The topological polar surface area (TPSA) is 102 Å². The maximum atomic E-state index is 11.5. The Balaban J connectivity index is 2.10. The molecule has 0 aromatic heterocycles. The molecule has 0 saturated carbocycles. The fraction of sp³-hybridized carbons (Fsp3) is 0.833. The lowest BCUT2D eigenvalue weighted by atomic mass is 10.2. The molecule has 0 aromatic carbocycles. The summed E-state index contributed by atoms with van der Waals surface area (Å²) in [6.45, 7) is 5.06. The van der Waals surface area contributed by atoms with Crippen LogP contribution in [0, 0.1) is 0 Å². The molecule has 7 heteroatoms. The zero-order valence-electron chi connectivity index (χ0n) is 11.3. The monoisotopic (exact) mass is 273 g/mol. The molecule has 1 fully saturated rings. The highest BCUT2D eigenvalue weighted by Crippen LogP contribution is 2.07. The highest BCUT2D eigenvalue weighted by molar-refractivity contribution is 5.74. The molecule has 1 saturated heterocycles. The molecule has 110 valence electrons. The first-order chi connectivity index (χ1) is 8.99. The second-order valence-corrected chi connectivity index (χ2v) is 4.95. The molecule has 0 aromatic rings. The number of likely N-dealkylation sites (tertiary alicyclic amines) is 1. The summed E-state index contributed by atoms with van der Waals surface area (Å²) >= 11 is 0. The minimum absolute atomic E-state index is 0.00323. The van der Waals surface area contributed by atoms with Crippen molar-refractivity contribution in [1.82, 2.24) is 15.5 Å². The van der Waals surface area contributed by atoms with Crippen LogP contribution in [-0.4, -0.2) is 65.4 Å². The van der Waals surface area contributed by atoms with Crippen LogP contribution in [0.25, 0.3) is 0 Å². The van der Waals surface area contributed by atoms with E-state index >= 15 is 0 Å². The fourth-order valence-corrected chi connectivity index (χ4v) is 2.12. The molecule has 19 heavy (non-hydrogen) atoms. The molecule has 1 aliphatic heterocycles. The number of hydrogen-bond acceptors (Lipinski definition) is 4. The summed E-state index contributed by atoms with van der Waals surface area (Å²) in [4.78, 5) is 24.2. The molecule has 0 bridgehead atoms. The Morgan fingerprint density at radius 1 is 1.32 bits per heavy atom. The van der Waals surface area contributed by atoms with Crippen molar-refractivity contribution in [2.75, 3.05) is 26.2 Å². The van der Waals surface area contributed by atoms with E-state index in [1.165, 1.54) is 12.8 Å². The van der Waals surface area contributed by atoms with E-state index in [0.29, 0.717) is 0 Å². The van der Waals surface area contributed by atoms with Gasteiger partial charge in [-0.15, -0.1) is 0 Å². The smallest absolute Gasteiger partial charge is 0.332 e. The standard InChI is InChI=1S/C12H23N3O4/c1-9(8-15-6-2-3-7-15)14-12(19)13-5-4-10(16)11(17)18/h9-10,16H,2-8H2,1H3,(H,17,18)(H2,13,14,19)/t9?,10-/m0/s1. The zero-order valence-corrected chi connectivity index (χ0v) is 11.3. The number of carbonyl (C=O) groups excluding carboxylic acids is 1. The average Bonchev–Trinajstić information content (AvgIpc) is 2.81. The number of carboxylic acids is 1. The third-order valence-electron chi connectivity index (χ3n) is 3.10. The SMILES string of the molecule is CC(CN1CCCC1)NC(=O)NCC[C@H](O)C(=O)O. The van der Waals surface area contributed by atoms with Crippen molar-refractivity contribution in [1.29, 1.82) is 0 Å². The van der Waals surface area contributed by atoms with Crippen molar-refractivity contribution in [2.24, 2.45) is 0 Å². The second kappa shape index (κ2) is 7.96. The van der Waals surface area contributed by atoms with Crippen LogP contribution in [-0.2, 0) is 4.79 Å². The van der Waals surface area contributed by atoms with E-state index in [0.717, 1.165) is 19.6 Å².